The number of carbonyl (C=O) groups is 2. The zero-order valence-corrected chi connectivity index (χ0v) is 23.3. The van der Waals surface area contributed by atoms with Crippen LogP contribution in [0.1, 0.15) is 52.0 Å². The fourth-order valence-corrected chi connectivity index (χ4v) is 5.21. The molecule has 4 rings (SSSR count). The lowest BCUT2D eigenvalue weighted by Crippen LogP contribution is -2.47. The van der Waals surface area contributed by atoms with Gasteiger partial charge in [0, 0.05) is 42.8 Å². The van der Waals surface area contributed by atoms with E-state index in [9.17, 15) is 9.59 Å². The van der Waals surface area contributed by atoms with E-state index in [2.05, 4.69) is 20.5 Å². The van der Waals surface area contributed by atoms with Gasteiger partial charge in [-0.3, -0.25) is 15.0 Å². The Kier molecular flexibility index (Phi) is 8.99. The topological polar surface area (TPSA) is 113 Å². The smallest absolute Gasteiger partial charge is 0.413 e. The maximum atomic E-state index is 13.2. The largest absolute Gasteiger partial charge is 0.444 e. The van der Waals surface area contributed by atoms with E-state index in [1.165, 1.54) is 0 Å². The summed E-state index contributed by atoms with van der Waals surface area (Å²) in [6.45, 7) is 9.46. The van der Waals surface area contributed by atoms with E-state index in [4.69, 9.17) is 22.1 Å². The molecule has 0 spiro atoms. The minimum Gasteiger partial charge on any atom is -0.444 e. The maximum absolute atomic E-state index is 13.2. The number of amides is 2. The number of halogens is 1. The average molecular weight is 543 g/mol. The molecule has 0 atom stereocenters. The van der Waals surface area contributed by atoms with Gasteiger partial charge in [0.25, 0.3) is 0 Å². The number of nitrogens with zero attached hydrogens (tertiary/aromatic N) is 3. The molecule has 2 saturated heterocycles. The molecule has 206 valence electrons. The molecule has 0 bridgehead atoms. The van der Waals surface area contributed by atoms with Gasteiger partial charge in [0.15, 0.2) is 0 Å². The maximum Gasteiger partial charge on any atom is 0.413 e. The predicted molar refractivity (Wildman–Crippen MR) is 151 cm³/mol. The van der Waals surface area contributed by atoms with Gasteiger partial charge in [0.1, 0.15) is 11.4 Å². The first kappa shape index (κ1) is 28.0. The van der Waals surface area contributed by atoms with Crippen molar-refractivity contribution in [3.05, 3.63) is 47.1 Å². The number of piperidine rings is 2. The number of nitrogens with one attached hydrogen (secondary N) is 2. The molecule has 2 aromatic rings. The minimum absolute atomic E-state index is 0.0736. The van der Waals surface area contributed by atoms with Crippen molar-refractivity contribution in [1.82, 2.24) is 14.8 Å². The van der Waals surface area contributed by atoms with Crippen LogP contribution in [0.25, 0.3) is 0 Å². The summed E-state index contributed by atoms with van der Waals surface area (Å²) in [6, 6.07) is 9.61. The number of hydrogen-bond donors (Lipinski definition) is 3. The SMILES string of the molecule is CC(C)(C)OC(=O)Nc1cc(CN2CCC(C(=O)N3CCC(Nc4ccc(Cl)cc4N)CC3)CC2)ccn1. The van der Waals surface area contributed by atoms with Crippen LogP contribution in [-0.4, -0.2) is 64.6 Å². The molecule has 0 saturated carbocycles. The van der Waals surface area contributed by atoms with Gasteiger partial charge in [-0.05, 0) is 95.4 Å². The van der Waals surface area contributed by atoms with Gasteiger partial charge in [0.2, 0.25) is 5.91 Å². The molecule has 0 unspecified atom stereocenters. The summed E-state index contributed by atoms with van der Waals surface area (Å²) in [6.07, 6.45) is 4.68. The molecule has 2 aliphatic heterocycles. The Morgan fingerprint density at radius 2 is 1.79 bits per heavy atom. The first-order valence-electron chi connectivity index (χ1n) is 13.3. The zero-order valence-electron chi connectivity index (χ0n) is 22.5. The lowest BCUT2D eigenvalue weighted by molar-refractivity contribution is -0.138. The van der Waals surface area contributed by atoms with E-state index in [-0.39, 0.29) is 11.8 Å². The van der Waals surface area contributed by atoms with Crippen molar-refractivity contribution in [2.24, 2.45) is 5.92 Å². The molecule has 2 fully saturated rings. The van der Waals surface area contributed by atoms with E-state index >= 15 is 0 Å². The van der Waals surface area contributed by atoms with Crippen molar-refractivity contribution in [3.63, 3.8) is 0 Å². The summed E-state index contributed by atoms with van der Waals surface area (Å²) in [7, 11) is 0. The highest BCUT2D eigenvalue weighted by atomic mass is 35.5. The van der Waals surface area contributed by atoms with E-state index in [1.807, 2.05) is 49.9 Å². The van der Waals surface area contributed by atoms with Crippen molar-refractivity contribution in [1.29, 1.82) is 0 Å². The van der Waals surface area contributed by atoms with E-state index in [0.717, 1.165) is 69.7 Å². The van der Waals surface area contributed by atoms with Crippen LogP contribution in [0, 0.1) is 5.92 Å². The number of nitrogen functional groups attached to an aromatic ring is 1. The fourth-order valence-electron chi connectivity index (χ4n) is 5.03. The number of carbonyl (C=O) groups excluding carboxylic acids is 2. The number of nitrogens with two attached hydrogens (primary N) is 1. The minimum atomic E-state index is -0.567. The van der Waals surface area contributed by atoms with Crippen LogP contribution in [-0.2, 0) is 16.1 Å². The molecular weight excluding hydrogens is 504 g/mol. The first-order chi connectivity index (χ1) is 18.1. The normalized spacial score (nSPS) is 17.7. The van der Waals surface area contributed by atoms with Crippen molar-refractivity contribution in [3.8, 4) is 0 Å². The van der Waals surface area contributed by atoms with Crippen LogP contribution in [0.15, 0.2) is 36.5 Å². The molecule has 9 nitrogen and oxygen atoms in total. The summed E-state index contributed by atoms with van der Waals surface area (Å²) in [5, 5.41) is 6.83. The van der Waals surface area contributed by atoms with Crippen LogP contribution >= 0.6 is 11.6 Å². The average Bonchev–Trinajstić information content (AvgIpc) is 2.85. The third-order valence-corrected chi connectivity index (χ3v) is 7.21. The number of benzene rings is 1. The molecule has 2 aliphatic rings. The highest BCUT2D eigenvalue weighted by Crippen LogP contribution is 2.27. The molecule has 2 amide bonds. The van der Waals surface area contributed by atoms with Gasteiger partial charge >= 0.3 is 6.09 Å². The standard InChI is InChI=1S/C28H39ClN6O3/c1-28(2,3)38-27(37)33-25-16-19(6-11-31-25)18-34-12-7-20(8-13-34)26(36)35-14-9-22(10-15-35)32-24-5-4-21(29)17-23(24)30/h4-6,11,16-17,20,22,32H,7-10,12-15,18,30H2,1-3H3,(H,31,33,37). The van der Waals surface area contributed by atoms with Gasteiger partial charge in [-0.25, -0.2) is 9.78 Å². The number of anilines is 3. The van der Waals surface area contributed by atoms with Gasteiger partial charge in [-0.15, -0.1) is 0 Å². The van der Waals surface area contributed by atoms with Gasteiger partial charge in [0.05, 0.1) is 11.4 Å². The van der Waals surface area contributed by atoms with Gasteiger partial charge < -0.3 is 20.7 Å². The Morgan fingerprint density at radius 3 is 2.45 bits per heavy atom. The van der Waals surface area contributed by atoms with E-state index in [0.29, 0.717) is 22.6 Å². The second-order valence-corrected chi connectivity index (χ2v) is 11.6. The molecule has 4 N–H and O–H groups in total. The van der Waals surface area contributed by atoms with Gasteiger partial charge in [-0.1, -0.05) is 11.6 Å². The number of rotatable bonds is 6. The Labute approximate surface area is 230 Å². The molecule has 1 aromatic carbocycles. The van der Waals surface area contributed by atoms with Crippen LogP contribution in [0.3, 0.4) is 0 Å². The molecule has 1 aromatic heterocycles. The Bertz CT molecular complexity index is 1120. The Hall–Kier alpha value is -3.04. The summed E-state index contributed by atoms with van der Waals surface area (Å²) >= 11 is 6.00. The number of aromatic nitrogens is 1. The highest BCUT2D eigenvalue weighted by Gasteiger charge is 2.31. The van der Waals surface area contributed by atoms with Gasteiger partial charge in [-0.2, -0.15) is 0 Å². The Morgan fingerprint density at radius 1 is 1.08 bits per heavy atom. The van der Waals surface area contributed by atoms with Crippen molar-refractivity contribution < 1.29 is 14.3 Å². The number of pyridine rings is 1. The summed E-state index contributed by atoms with van der Waals surface area (Å²) in [4.78, 5) is 33.9. The molecule has 38 heavy (non-hydrogen) atoms. The molecular formula is C28H39ClN6O3. The highest BCUT2D eigenvalue weighted by molar-refractivity contribution is 6.31. The Balaban J connectivity index is 1.20. The monoisotopic (exact) mass is 542 g/mol. The third kappa shape index (κ3) is 7.98. The van der Waals surface area contributed by atoms with Crippen molar-refractivity contribution in [2.75, 3.05) is 42.5 Å². The second kappa shape index (κ2) is 12.2. The zero-order chi connectivity index (χ0) is 27.3. The van der Waals surface area contributed by atoms with E-state index in [1.54, 1.807) is 12.3 Å². The second-order valence-electron chi connectivity index (χ2n) is 11.2. The number of hydrogen-bond acceptors (Lipinski definition) is 7. The summed E-state index contributed by atoms with van der Waals surface area (Å²) < 4.78 is 5.31. The predicted octanol–water partition coefficient (Wildman–Crippen LogP) is 4.98. The molecule has 0 radical (unpaired) electrons. The number of likely N-dealkylation sites (tertiary alicyclic amines) is 2. The fraction of sp³-hybridized carbons (Fsp3) is 0.536. The van der Waals surface area contributed by atoms with Crippen LogP contribution in [0.5, 0.6) is 0 Å². The van der Waals surface area contributed by atoms with Crippen LogP contribution < -0.4 is 16.4 Å². The summed E-state index contributed by atoms with van der Waals surface area (Å²) in [5.41, 5.74) is 8.11. The van der Waals surface area contributed by atoms with E-state index < -0.39 is 11.7 Å². The van der Waals surface area contributed by atoms with Crippen LogP contribution in [0.4, 0.5) is 22.0 Å². The lowest BCUT2D eigenvalue weighted by Gasteiger charge is -2.37. The van der Waals surface area contributed by atoms with Crippen molar-refractivity contribution >= 4 is 40.8 Å². The molecule has 0 aliphatic carbocycles. The third-order valence-electron chi connectivity index (χ3n) is 6.98. The summed E-state index contributed by atoms with van der Waals surface area (Å²) in [5.74, 6) is 0.824. The number of ether oxygens (including phenoxy) is 1. The molecule has 3 heterocycles. The lowest BCUT2D eigenvalue weighted by atomic mass is 9.93. The van der Waals surface area contributed by atoms with Crippen LogP contribution in [0.2, 0.25) is 5.02 Å². The van der Waals surface area contributed by atoms with Crippen molar-refractivity contribution in [2.45, 2.75) is 64.6 Å². The molecule has 10 heteroatoms. The first-order valence-corrected chi connectivity index (χ1v) is 13.7. The quantitative estimate of drug-likeness (QED) is 0.441.